The summed E-state index contributed by atoms with van der Waals surface area (Å²) >= 11 is 0. The second-order valence-electron chi connectivity index (χ2n) is 9.27. The molecule has 0 fully saturated rings. The fourth-order valence-corrected chi connectivity index (χ4v) is 4.32. The van der Waals surface area contributed by atoms with E-state index in [1.54, 1.807) is 0 Å². The maximum Gasteiger partial charge on any atom is 0.0569 e. The minimum atomic E-state index is -0.364. The molecular formula is C27H55O. The maximum absolute atomic E-state index is 9.99. The van der Waals surface area contributed by atoms with Gasteiger partial charge in [0.2, 0.25) is 0 Å². The van der Waals surface area contributed by atoms with Crippen LogP contribution in [0.15, 0.2) is 0 Å². The van der Waals surface area contributed by atoms with Crippen molar-refractivity contribution < 1.29 is 5.11 Å². The van der Waals surface area contributed by atoms with Crippen LogP contribution in [0.4, 0.5) is 0 Å². The summed E-state index contributed by atoms with van der Waals surface area (Å²) in [5.74, 6) is 0.433. The van der Waals surface area contributed by atoms with Gasteiger partial charge in [-0.1, -0.05) is 142 Å². The first-order valence-electron chi connectivity index (χ1n) is 13.2. The molecule has 1 N–H and O–H groups in total. The van der Waals surface area contributed by atoms with Gasteiger partial charge in [0.05, 0.1) is 6.10 Å². The third-order valence-corrected chi connectivity index (χ3v) is 6.40. The summed E-state index contributed by atoms with van der Waals surface area (Å²) in [6.45, 7) is 8.49. The summed E-state index contributed by atoms with van der Waals surface area (Å²) < 4.78 is 0. The minimum absolute atomic E-state index is 0.364. The van der Waals surface area contributed by atoms with Crippen LogP contribution in [-0.2, 0) is 0 Å². The SMILES string of the molecule is [CH2]C(O)C(CCCCCCCCCCCC)CCCCCCCCCCCC. The van der Waals surface area contributed by atoms with Crippen molar-refractivity contribution in [3.05, 3.63) is 6.92 Å². The van der Waals surface area contributed by atoms with E-state index in [4.69, 9.17) is 0 Å². The van der Waals surface area contributed by atoms with Gasteiger partial charge in [0.1, 0.15) is 0 Å². The molecule has 0 heterocycles. The van der Waals surface area contributed by atoms with E-state index < -0.39 is 0 Å². The van der Waals surface area contributed by atoms with E-state index in [0.717, 1.165) is 0 Å². The van der Waals surface area contributed by atoms with Crippen LogP contribution in [0.1, 0.15) is 155 Å². The van der Waals surface area contributed by atoms with E-state index >= 15 is 0 Å². The summed E-state index contributed by atoms with van der Waals surface area (Å²) in [5, 5.41) is 9.99. The van der Waals surface area contributed by atoms with Crippen LogP contribution in [0.2, 0.25) is 0 Å². The van der Waals surface area contributed by atoms with Gasteiger partial charge in [-0.2, -0.15) is 0 Å². The van der Waals surface area contributed by atoms with E-state index in [-0.39, 0.29) is 6.10 Å². The van der Waals surface area contributed by atoms with E-state index in [2.05, 4.69) is 20.8 Å². The van der Waals surface area contributed by atoms with Gasteiger partial charge < -0.3 is 5.11 Å². The normalized spacial score (nSPS) is 12.8. The molecule has 1 heteroatoms. The molecule has 0 rings (SSSR count). The molecule has 169 valence electrons. The molecular weight excluding hydrogens is 340 g/mol. The third kappa shape index (κ3) is 20.7. The van der Waals surface area contributed by atoms with Crippen molar-refractivity contribution in [1.82, 2.24) is 0 Å². The van der Waals surface area contributed by atoms with Crippen LogP contribution in [0.5, 0.6) is 0 Å². The van der Waals surface area contributed by atoms with Crippen molar-refractivity contribution in [3.8, 4) is 0 Å². The molecule has 1 nitrogen and oxygen atoms in total. The van der Waals surface area contributed by atoms with Gasteiger partial charge in [-0.3, -0.25) is 0 Å². The second-order valence-corrected chi connectivity index (χ2v) is 9.27. The molecule has 1 atom stereocenters. The summed E-state index contributed by atoms with van der Waals surface area (Å²) in [6.07, 6.45) is 29.8. The molecule has 1 unspecified atom stereocenters. The Morgan fingerprint density at radius 3 is 0.964 bits per heavy atom. The third-order valence-electron chi connectivity index (χ3n) is 6.40. The average molecular weight is 396 g/mol. The van der Waals surface area contributed by atoms with E-state index in [0.29, 0.717) is 5.92 Å². The molecule has 28 heavy (non-hydrogen) atoms. The van der Waals surface area contributed by atoms with Gasteiger partial charge in [-0.05, 0) is 25.7 Å². The monoisotopic (exact) mass is 395 g/mol. The molecule has 0 aliphatic rings. The Kier molecular flexibility index (Phi) is 23.2. The Hall–Kier alpha value is -0.0400. The number of hydrogen-bond donors (Lipinski definition) is 1. The lowest BCUT2D eigenvalue weighted by molar-refractivity contribution is 0.133. The number of hydrogen-bond acceptors (Lipinski definition) is 1. The predicted octanol–water partition coefficient (Wildman–Crippen LogP) is 9.42. The number of unbranched alkanes of at least 4 members (excludes halogenated alkanes) is 18. The lowest BCUT2D eigenvalue weighted by atomic mass is 9.90. The van der Waals surface area contributed by atoms with E-state index in [1.807, 2.05) is 0 Å². The highest BCUT2D eigenvalue weighted by atomic mass is 16.3. The number of aliphatic hydroxyl groups is 1. The molecule has 0 aromatic rings. The van der Waals surface area contributed by atoms with Crippen LogP contribution >= 0.6 is 0 Å². The highest BCUT2D eigenvalue weighted by molar-refractivity contribution is 4.71. The summed E-state index contributed by atoms with van der Waals surface area (Å²) in [6, 6.07) is 0. The van der Waals surface area contributed by atoms with Gasteiger partial charge in [0, 0.05) is 0 Å². The van der Waals surface area contributed by atoms with Gasteiger partial charge >= 0.3 is 0 Å². The fraction of sp³-hybridized carbons (Fsp3) is 0.963. The summed E-state index contributed by atoms with van der Waals surface area (Å²) in [4.78, 5) is 0. The molecule has 0 saturated carbocycles. The van der Waals surface area contributed by atoms with Crippen LogP contribution in [0.25, 0.3) is 0 Å². The van der Waals surface area contributed by atoms with Crippen LogP contribution in [0.3, 0.4) is 0 Å². The lowest BCUT2D eigenvalue weighted by Crippen LogP contribution is -2.17. The Bertz CT molecular complexity index is 249. The first kappa shape index (κ1) is 28.0. The zero-order chi connectivity index (χ0) is 20.7. The standard InChI is InChI=1S/C27H55O/c1-4-6-8-10-12-14-16-18-20-22-24-27(26(3)28)25-23-21-19-17-15-13-11-9-7-5-2/h26-28H,3-25H2,1-2H3. The zero-order valence-corrected chi connectivity index (χ0v) is 19.9. The van der Waals surface area contributed by atoms with Gasteiger partial charge in [-0.25, -0.2) is 0 Å². The minimum Gasteiger partial charge on any atom is -0.393 e. The Morgan fingerprint density at radius 1 is 0.464 bits per heavy atom. The van der Waals surface area contributed by atoms with Crippen molar-refractivity contribution >= 4 is 0 Å². The van der Waals surface area contributed by atoms with E-state index in [1.165, 1.54) is 141 Å². The first-order valence-corrected chi connectivity index (χ1v) is 13.2. The van der Waals surface area contributed by atoms with Crippen molar-refractivity contribution in [2.45, 2.75) is 161 Å². The molecule has 0 aromatic heterocycles. The van der Waals surface area contributed by atoms with Crippen LogP contribution in [0, 0.1) is 12.8 Å². The molecule has 0 aromatic carbocycles. The Labute approximate surface area is 179 Å². The van der Waals surface area contributed by atoms with Gasteiger partial charge in [0.15, 0.2) is 0 Å². The molecule has 0 aliphatic carbocycles. The highest BCUT2D eigenvalue weighted by Crippen LogP contribution is 2.22. The zero-order valence-electron chi connectivity index (χ0n) is 19.9. The second kappa shape index (κ2) is 23.2. The van der Waals surface area contributed by atoms with Gasteiger partial charge in [-0.15, -0.1) is 0 Å². The van der Waals surface area contributed by atoms with Crippen molar-refractivity contribution in [2.24, 2.45) is 5.92 Å². The quantitative estimate of drug-likeness (QED) is 0.171. The molecule has 0 bridgehead atoms. The predicted molar refractivity (Wildman–Crippen MR) is 128 cm³/mol. The molecule has 0 saturated heterocycles. The van der Waals surface area contributed by atoms with E-state index in [9.17, 15) is 5.11 Å². The highest BCUT2D eigenvalue weighted by Gasteiger charge is 2.14. The molecule has 1 radical (unpaired) electrons. The summed E-state index contributed by atoms with van der Waals surface area (Å²) in [7, 11) is 0. The lowest BCUT2D eigenvalue weighted by Gasteiger charge is -2.19. The van der Waals surface area contributed by atoms with Crippen molar-refractivity contribution in [1.29, 1.82) is 0 Å². The average Bonchev–Trinajstić information content (AvgIpc) is 2.68. The molecule has 0 amide bonds. The first-order chi connectivity index (χ1) is 13.7. The van der Waals surface area contributed by atoms with Crippen molar-refractivity contribution in [3.63, 3.8) is 0 Å². The Balaban J connectivity index is 3.44. The van der Waals surface area contributed by atoms with Gasteiger partial charge in [0.25, 0.3) is 0 Å². The molecule has 0 aliphatic heterocycles. The number of aliphatic hydroxyl groups excluding tert-OH is 1. The van der Waals surface area contributed by atoms with Crippen LogP contribution in [-0.4, -0.2) is 11.2 Å². The van der Waals surface area contributed by atoms with Crippen molar-refractivity contribution in [2.75, 3.05) is 0 Å². The largest absolute Gasteiger partial charge is 0.393 e. The summed E-state index contributed by atoms with van der Waals surface area (Å²) in [5.41, 5.74) is 0. The topological polar surface area (TPSA) is 20.2 Å². The Morgan fingerprint density at radius 2 is 0.714 bits per heavy atom. The van der Waals surface area contributed by atoms with Crippen LogP contribution < -0.4 is 0 Å². The fourth-order valence-electron chi connectivity index (χ4n) is 4.32. The maximum atomic E-state index is 9.99. The number of rotatable bonds is 23. The smallest absolute Gasteiger partial charge is 0.0569 e. The molecule has 0 spiro atoms.